The molecule has 2 aromatic carbocycles. The van der Waals surface area contributed by atoms with Gasteiger partial charge in [0, 0.05) is 12.1 Å². The van der Waals surface area contributed by atoms with E-state index in [1.807, 2.05) is 0 Å². The van der Waals surface area contributed by atoms with E-state index in [9.17, 15) is 24.1 Å². The molecule has 0 saturated carbocycles. The van der Waals surface area contributed by atoms with Gasteiger partial charge < -0.3 is 19.5 Å². The number of nitrogens with one attached hydrogen (secondary N) is 1. The van der Waals surface area contributed by atoms with Crippen molar-refractivity contribution in [3.8, 4) is 11.5 Å². The number of benzene rings is 2. The lowest BCUT2D eigenvalue weighted by atomic mass is 10.1. The van der Waals surface area contributed by atoms with Gasteiger partial charge in [0.1, 0.15) is 5.82 Å². The van der Waals surface area contributed by atoms with Crippen molar-refractivity contribution in [1.82, 2.24) is 0 Å². The molecule has 1 N–H and O–H groups in total. The topological polar surface area (TPSA) is 117 Å². The van der Waals surface area contributed by atoms with Crippen molar-refractivity contribution in [2.24, 2.45) is 0 Å². The first-order chi connectivity index (χ1) is 14.3. The molecule has 30 heavy (non-hydrogen) atoms. The summed E-state index contributed by atoms with van der Waals surface area (Å²) in [5.41, 5.74) is 0.151. The number of methoxy groups -OCH3 is 1. The Labute approximate surface area is 171 Å². The lowest BCUT2D eigenvalue weighted by Crippen LogP contribution is -2.24. The van der Waals surface area contributed by atoms with E-state index in [4.69, 9.17) is 14.2 Å². The summed E-state index contributed by atoms with van der Waals surface area (Å²) >= 11 is 0. The van der Waals surface area contributed by atoms with E-state index in [0.29, 0.717) is 17.9 Å². The Morgan fingerprint density at radius 1 is 1.20 bits per heavy atom. The minimum Gasteiger partial charge on any atom is -0.493 e. The Hall–Kier alpha value is -3.95. The third kappa shape index (κ3) is 6.30. The SMILES string of the molecule is C=CCc1ccc(OCC(=O)OCC(=O)Nc2cc([N+](=O)[O-])ccc2F)c(OC)c1. The largest absolute Gasteiger partial charge is 0.493 e. The van der Waals surface area contributed by atoms with Crippen molar-refractivity contribution in [1.29, 1.82) is 0 Å². The van der Waals surface area contributed by atoms with Crippen LogP contribution in [-0.2, 0) is 20.7 Å². The average Bonchev–Trinajstić information content (AvgIpc) is 2.72. The van der Waals surface area contributed by atoms with Gasteiger partial charge in [0.05, 0.1) is 17.7 Å². The number of non-ortho nitro benzene ring substituents is 1. The number of ether oxygens (including phenoxy) is 3. The predicted octanol–water partition coefficient (Wildman–Crippen LogP) is 3.03. The van der Waals surface area contributed by atoms with Crippen LogP contribution in [0.15, 0.2) is 49.1 Å². The molecule has 0 fully saturated rings. The van der Waals surface area contributed by atoms with Crippen LogP contribution in [0.5, 0.6) is 11.5 Å². The highest BCUT2D eigenvalue weighted by atomic mass is 19.1. The highest BCUT2D eigenvalue weighted by Gasteiger charge is 2.15. The second kappa shape index (κ2) is 10.6. The highest BCUT2D eigenvalue weighted by molar-refractivity contribution is 5.93. The molecule has 9 nitrogen and oxygen atoms in total. The van der Waals surface area contributed by atoms with Crippen LogP contribution >= 0.6 is 0 Å². The third-order valence-electron chi connectivity index (χ3n) is 3.75. The number of nitro benzene ring substituents is 1. The van der Waals surface area contributed by atoms with Gasteiger partial charge >= 0.3 is 5.97 Å². The molecule has 0 spiro atoms. The van der Waals surface area contributed by atoms with E-state index in [0.717, 1.165) is 23.8 Å². The van der Waals surface area contributed by atoms with Crippen molar-refractivity contribution in [2.45, 2.75) is 6.42 Å². The van der Waals surface area contributed by atoms with Crippen LogP contribution in [0, 0.1) is 15.9 Å². The van der Waals surface area contributed by atoms with E-state index < -0.39 is 47.2 Å². The summed E-state index contributed by atoms with van der Waals surface area (Å²) in [5, 5.41) is 12.8. The molecule has 0 aliphatic rings. The number of rotatable bonds is 10. The lowest BCUT2D eigenvalue weighted by molar-refractivity contribution is -0.384. The fourth-order valence-electron chi connectivity index (χ4n) is 2.36. The Balaban J connectivity index is 1.86. The van der Waals surface area contributed by atoms with E-state index in [1.165, 1.54) is 7.11 Å². The van der Waals surface area contributed by atoms with Gasteiger partial charge in [-0.2, -0.15) is 0 Å². The van der Waals surface area contributed by atoms with Crippen molar-refractivity contribution in [3.63, 3.8) is 0 Å². The molecule has 0 radical (unpaired) electrons. The summed E-state index contributed by atoms with van der Waals surface area (Å²) in [4.78, 5) is 33.6. The molecule has 0 bridgehead atoms. The number of anilines is 1. The second-order valence-corrected chi connectivity index (χ2v) is 5.90. The lowest BCUT2D eigenvalue weighted by Gasteiger charge is -2.12. The molecule has 1 amide bonds. The maximum Gasteiger partial charge on any atom is 0.344 e. The van der Waals surface area contributed by atoms with Gasteiger partial charge in [0.15, 0.2) is 24.7 Å². The monoisotopic (exact) mass is 418 g/mol. The fraction of sp³-hybridized carbons (Fsp3) is 0.200. The molecule has 0 aromatic heterocycles. The fourth-order valence-corrected chi connectivity index (χ4v) is 2.36. The highest BCUT2D eigenvalue weighted by Crippen LogP contribution is 2.28. The van der Waals surface area contributed by atoms with Gasteiger partial charge in [-0.15, -0.1) is 6.58 Å². The molecular weight excluding hydrogens is 399 g/mol. The number of hydrogen-bond acceptors (Lipinski definition) is 7. The van der Waals surface area contributed by atoms with Crippen molar-refractivity contribution < 1.29 is 33.1 Å². The van der Waals surface area contributed by atoms with Crippen LogP contribution in [0.4, 0.5) is 15.8 Å². The average molecular weight is 418 g/mol. The normalized spacial score (nSPS) is 10.1. The second-order valence-electron chi connectivity index (χ2n) is 5.90. The molecule has 10 heteroatoms. The van der Waals surface area contributed by atoms with Gasteiger partial charge in [0.25, 0.3) is 11.6 Å². The van der Waals surface area contributed by atoms with Gasteiger partial charge in [-0.1, -0.05) is 12.1 Å². The van der Waals surface area contributed by atoms with Crippen molar-refractivity contribution >= 4 is 23.3 Å². The summed E-state index contributed by atoms with van der Waals surface area (Å²) in [6.45, 7) is 2.44. The molecular formula is C20H19FN2O7. The first-order valence-electron chi connectivity index (χ1n) is 8.64. The first kappa shape index (κ1) is 22.3. The summed E-state index contributed by atoms with van der Waals surface area (Å²) in [5.74, 6) is -1.85. The number of hydrogen-bond donors (Lipinski definition) is 1. The van der Waals surface area contributed by atoms with Gasteiger partial charge in [-0.3, -0.25) is 14.9 Å². The van der Waals surface area contributed by atoms with Gasteiger partial charge in [0.2, 0.25) is 0 Å². The number of nitrogens with zero attached hydrogens (tertiary/aromatic N) is 1. The number of esters is 1. The smallest absolute Gasteiger partial charge is 0.344 e. The Morgan fingerprint density at radius 2 is 1.97 bits per heavy atom. The van der Waals surface area contributed by atoms with Crippen molar-refractivity contribution in [3.05, 3.63) is 70.5 Å². The number of allylic oxidation sites excluding steroid dienone is 1. The van der Waals surface area contributed by atoms with Crippen LogP contribution in [0.2, 0.25) is 0 Å². The molecule has 0 atom stereocenters. The van der Waals surface area contributed by atoms with Crippen LogP contribution in [0.1, 0.15) is 5.56 Å². The summed E-state index contributed by atoms with van der Waals surface area (Å²) in [6, 6.07) is 7.82. The summed E-state index contributed by atoms with van der Waals surface area (Å²) in [6.07, 6.45) is 2.37. The quantitative estimate of drug-likeness (QED) is 0.273. The summed E-state index contributed by atoms with van der Waals surface area (Å²) in [7, 11) is 1.45. The van der Waals surface area contributed by atoms with E-state index in [1.54, 1.807) is 24.3 Å². The summed E-state index contributed by atoms with van der Waals surface area (Å²) < 4.78 is 29.0. The Bertz CT molecular complexity index is 962. The van der Waals surface area contributed by atoms with E-state index >= 15 is 0 Å². The molecule has 0 unspecified atom stereocenters. The zero-order chi connectivity index (χ0) is 22.1. The molecule has 2 rings (SSSR count). The van der Waals surface area contributed by atoms with Crippen LogP contribution in [0.3, 0.4) is 0 Å². The molecule has 2 aromatic rings. The number of halogens is 1. The van der Waals surface area contributed by atoms with Crippen molar-refractivity contribution in [2.75, 3.05) is 25.6 Å². The standard InChI is InChI=1S/C20H19FN2O7/c1-3-4-13-5-8-17(18(9-13)28-2)29-12-20(25)30-11-19(24)22-16-10-14(23(26)27)6-7-15(16)21/h3,5-10H,1,4,11-12H2,2H3,(H,22,24). The zero-order valence-corrected chi connectivity index (χ0v) is 16.1. The van der Waals surface area contributed by atoms with Crippen LogP contribution < -0.4 is 14.8 Å². The maximum atomic E-state index is 13.7. The molecule has 0 aliphatic carbocycles. The van der Waals surface area contributed by atoms with Gasteiger partial charge in [-0.05, 0) is 30.2 Å². The molecule has 0 heterocycles. The van der Waals surface area contributed by atoms with Crippen LogP contribution in [-0.4, -0.2) is 37.1 Å². The Morgan fingerprint density at radius 3 is 2.63 bits per heavy atom. The van der Waals surface area contributed by atoms with E-state index in [2.05, 4.69) is 11.9 Å². The zero-order valence-electron chi connectivity index (χ0n) is 16.1. The maximum absolute atomic E-state index is 13.7. The molecule has 0 saturated heterocycles. The minimum absolute atomic E-state index is 0.311. The number of carbonyl (C=O) groups excluding carboxylic acids is 2. The number of amides is 1. The third-order valence-corrected chi connectivity index (χ3v) is 3.75. The first-order valence-corrected chi connectivity index (χ1v) is 8.64. The van der Waals surface area contributed by atoms with Crippen LogP contribution in [0.25, 0.3) is 0 Å². The Kier molecular flexibility index (Phi) is 7.86. The minimum atomic E-state index is -0.867. The molecule has 0 aliphatic heterocycles. The number of carbonyl (C=O) groups is 2. The van der Waals surface area contributed by atoms with E-state index in [-0.39, 0.29) is 0 Å². The number of nitro groups is 1. The van der Waals surface area contributed by atoms with Gasteiger partial charge in [-0.25, -0.2) is 9.18 Å². The predicted molar refractivity (Wildman–Crippen MR) is 105 cm³/mol. The molecule has 158 valence electrons.